The maximum atomic E-state index is 12.8. The minimum Gasteiger partial charge on any atom is -0.457 e. The van der Waals surface area contributed by atoms with Gasteiger partial charge >= 0.3 is 6.03 Å². The molecule has 4 rings (SSSR count). The van der Waals surface area contributed by atoms with E-state index in [9.17, 15) is 24.5 Å². The van der Waals surface area contributed by atoms with Crippen LogP contribution in [0.15, 0.2) is 76.7 Å². The molecule has 154 valence electrons. The van der Waals surface area contributed by atoms with Crippen LogP contribution in [-0.2, 0) is 16.1 Å². The Morgan fingerprint density at radius 3 is 2.52 bits per heavy atom. The zero-order chi connectivity index (χ0) is 22.0. The van der Waals surface area contributed by atoms with Gasteiger partial charge in [-0.2, -0.15) is 0 Å². The van der Waals surface area contributed by atoms with Gasteiger partial charge in [-0.25, -0.2) is 4.79 Å². The van der Waals surface area contributed by atoms with E-state index in [2.05, 4.69) is 5.32 Å². The number of hydrogen-bond acceptors (Lipinski definition) is 6. The number of nitro benzene ring substituents is 1. The largest absolute Gasteiger partial charge is 0.457 e. The van der Waals surface area contributed by atoms with Gasteiger partial charge in [-0.3, -0.25) is 29.9 Å². The van der Waals surface area contributed by atoms with Crippen LogP contribution in [0.2, 0.25) is 0 Å². The van der Waals surface area contributed by atoms with Crippen molar-refractivity contribution in [1.82, 2.24) is 10.2 Å². The number of nitrogens with zero attached hydrogens (tertiary/aromatic N) is 2. The number of non-ortho nitro benzene ring substituents is 1. The molecule has 0 spiro atoms. The van der Waals surface area contributed by atoms with E-state index >= 15 is 0 Å². The Balaban J connectivity index is 1.61. The number of imide groups is 2. The lowest BCUT2D eigenvalue weighted by atomic mass is 10.1. The lowest BCUT2D eigenvalue weighted by Gasteiger charge is -2.26. The summed E-state index contributed by atoms with van der Waals surface area (Å²) in [5, 5.41) is 13.1. The number of rotatable bonds is 5. The van der Waals surface area contributed by atoms with Gasteiger partial charge in [0.2, 0.25) is 0 Å². The third-order valence-corrected chi connectivity index (χ3v) is 4.62. The number of amides is 4. The molecular formula is C22H15N3O6. The van der Waals surface area contributed by atoms with Gasteiger partial charge in [-0.1, -0.05) is 42.5 Å². The average Bonchev–Trinajstić information content (AvgIpc) is 3.24. The molecule has 0 aliphatic carbocycles. The van der Waals surface area contributed by atoms with Crippen LogP contribution in [0.4, 0.5) is 10.5 Å². The van der Waals surface area contributed by atoms with E-state index in [0.29, 0.717) is 11.3 Å². The fourth-order valence-electron chi connectivity index (χ4n) is 3.10. The first kappa shape index (κ1) is 19.8. The lowest BCUT2D eigenvalue weighted by Crippen LogP contribution is -2.53. The number of carbonyl (C=O) groups is 3. The Kier molecular flexibility index (Phi) is 5.15. The summed E-state index contributed by atoms with van der Waals surface area (Å²) in [6, 6.07) is 17.1. The topological polar surface area (TPSA) is 123 Å². The third kappa shape index (κ3) is 4.10. The molecule has 0 atom stereocenters. The van der Waals surface area contributed by atoms with Crippen molar-refractivity contribution in [3.05, 3.63) is 93.7 Å². The maximum absolute atomic E-state index is 12.8. The van der Waals surface area contributed by atoms with E-state index in [-0.39, 0.29) is 23.6 Å². The van der Waals surface area contributed by atoms with Crippen molar-refractivity contribution >= 4 is 29.6 Å². The molecule has 31 heavy (non-hydrogen) atoms. The quantitative estimate of drug-likeness (QED) is 0.293. The highest BCUT2D eigenvalue weighted by Crippen LogP contribution is 2.27. The highest BCUT2D eigenvalue weighted by Gasteiger charge is 2.35. The van der Waals surface area contributed by atoms with Crippen molar-refractivity contribution in [2.24, 2.45) is 0 Å². The minimum atomic E-state index is -0.826. The number of nitro groups is 1. The predicted molar refractivity (Wildman–Crippen MR) is 109 cm³/mol. The molecule has 9 nitrogen and oxygen atoms in total. The summed E-state index contributed by atoms with van der Waals surface area (Å²) in [4.78, 5) is 48.6. The molecule has 1 fully saturated rings. The molecule has 1 aliphatic rings. The van der Waals surface area contributed by atoms with Crippen LogP contribution in [0.3, 0.4) is 0 Å². The second-order valence-electron chi connectivity index (χ2n) is 6.70. The normalized spacial score (nSPS) is 15.3. The Bertz CT molecular complexity index is 1230. The minimum absolute atomic E-state index is 0.00716. The second kappa shape index (κ2) is 8.07. The number of carbonyl (C=O) groups excluding carboxylic acids is 3. The molecule has 1 saturated heterocycles. The number of hydrogen-bond donors (Lipinski definition) is 1. The van der Waals surface area contributed by atoms with Gasteiger partial charge in [0, 0.05) is 17.7 Å². The van der Waals surface area contributed by atoms with Gasteiger partial charge in [-0.05, 0) is 23.8 Å². The fraction of sp³-hybridized carbons (Fsp3) is 0.0455. The first-order valence-corrected chi connectivity index (χ1v) is 9.20. The fourth-order valence-corrected chi connectivity index (χ4v) is 3.10. The molecular weight excluding hydrogens is 402 g/mol. The van der Waals surface area contributed by atoms with Gasteiger partial charge in [0.05, 0.1) is 11.5 Å². The smallest absolute Gasteiger partial charge is 0.331 e. The number of barbiturate groups is 1. The van der Waals surface area contributed by atoms with Crippen LogP contribution in [0, 0.1) is 10.1 Å². The van der Waals surface area contributed by atoms with Crippen LogP contribution in [0.25, 0.3) is 17.4 Å². The number of benzene rings is 2. The summed E-state index contributed by atoms with van der Waals surface area (Å²) in [5.74, 6) is -1.05. The zero-order valence-electron chi connectivity index (χ0n) is 16.0. The van der Waals surface area contributed by atoms with E-state index in [1.54, 1.807) is 36.4 Å². The molecule has 4 amide bonds. The van der Waals surface area contributed by atoms with Crippen LogP contribution < -0.4 is 5.32 Å². The molecule has 0 radical (unpaired) electrons. The lowest BCUT2D eigenvalue weighted by molar-refractivity contribution is -0.384. The predicted octanol–water partition coefficient (Wildman–Crippen LogP) is 3.52. The highest BCUT2D eigenvalue weighted by molar-refractivity contribution is 6.30. The molecule has 1 aromatic heterocycles. The van der Waals surface area contributed by atoms with Crippen LogP contribution >= 0.6 is 0 Å². The van der Waals surface area contributed by atoms with Crippen molar-refractivity contribution < 1.29 is 23.7 Å². The molecule has 2 aromatic carbocycles. The SMILES string of the molecule is O=C1NC(=O)N(Cc2ccccc2)C(=O)/C1=C/c1ccc(-c2cccc([N+](=O)[O-])c2)o1. The molecule has 0 bridgehead atoms. The molecule has 1 aliphatic heterocycles. The summed E-state index contributed by atoms with van der Waals surface area (Å²) in [6.45, 7) is 0.00716. The molecule has 9 heteroatoms. The second-order valence-corrected chi connectivity index (χ2v) is 6.70. The standard InChI is InChI=1S/C22H15N3O6/c26-20-18(21(27)24(22(28)23-20)13-14-5-2-1-3-6-14)12-17-9-10-19(31-17)15-7-4-8-16(11-15)25(29)30/h1-12H,13H2,(H,23,26,28)/b18-12+. The van der Waals surface area contributed by atoms with E-state index in [4.69, 9.17) is 4.42 Å². The molecule has 2 heterocycles. The molecule has 0 saturated carbocycles. The summed E-state index contributed by atoms with van der Waals surface area (Å²) < 4.78 is 5.65. The Morgan fingerprint density at radius 2 is 1.77 bits per heavy atom. The maximum Gasteiger partial charge on any atom is 0.331 e. The van der Waals surface area contributed by atoms with E-state index in [1.807, 2.05) is 6.07 Å². The van der Waals surface area contributed by atoms with E-state index in [0.717, 1.165) is 10.5 Å². The first-order valence-electron chi connectivity index (χ1n) is 9.20. The van der Waals surface area contributed by atoms with Crippen LogP contribution in [-0.4, -0.2) is 27.7 Å². The molecule has 0 unspecified atom stereocenters. The van der Waals surface area contributed by atoms with Crippen molar-refractivity contribution in [2.75, 3.05) is 0 Å². The summed E-state index contributed by atoms with van der Waals surface area (Å²) in [5.41, 5.74) is 0.853. The van der Waals surface area contributed by atoms with Crippen molar-refractivity contribution in [1.29, 1.82) is 0 Å². The Morgan fingerprint density at radius 1 is 1.00 bits per heavy atom. The van der Waals surface area contributed by atoms with Gasteiger partial charge in [0.25, 0.3) is 17.5 Å². The van der Waals surface area contributed by atoms with Gasteiger partial charge < -0.3 is 4.42 Å². The number of nitrogens with one attached hydrogen (secondary N) is 1. The van der Waals surface area contributed by atoms with Gasteiger partial charge in [-0.15, -0.1) is 0 Å². The summed E-state index contributed by atoms with van der Waals surface area (Å²) in [6.07, 6.45) is 1.24. The highest BCUT2D eigenvalue weighted by atomic mass is 16.6. The first-order chi connectivity index (χ1) is 14.9. The van der Waals surface area contributed by atoms with Crippen molar-refractivity contribution in [3.63, 3.8) is 0 Å². The van der Waals surface area contributed by atoms with Gasteiger partial charge in [0.1, 0.15) is 17.1 Å². The van der Waals surface area contributed by atoms with Crippen LogP contribution in [0.1, 0.15) is 11.3 Å². The summed E-state index contributed by atoms with van der Waals surface area (Å²) in [7, 11) is 0. The van der Waals surface area contributed by atoms with Crippen molar-refractivity contribution in [3.8, 4) is 11.3 Å². The monoisotopic (exact) mass is 417 g/mol. The van der Waals surface area contributed by atoms with E-state index in [1.165, 1.54) is 30.3 Å². The number of urea groups is 1. The van der Waals surface area contributed by atoms with Crippen molar-refractivity contribution in [2.45, 2.75) is 6.54 Å². The average molecular weight is 417 g/mol. The zero-order valence-corrected chi connectivity index (χ0v) is 16.0. The molecule has 1 N–H and O–H groups in total. The summed E-state index contributed by atoms with van der Waals surface area (Å²) >= 11 is 0. The Labute approximate surface area is 175 Å². The molecule has 3 aromatic rings. The third-order valence-electron chi connectivity index (χ3n) is 4.62. The van der Waals surface area contributed by atoms with Crippen LogP contribution in [0.5, 0.6) is 0 Å². The number of furan rings is 1. The van der Waals surface area contributed by atoms with E-state index < -0.39 is 22.8 Å². The Hall–Kier alpha value is -4.53. The van der Waals surface area contributed by atoms with Gasteiger partial charge in [0.15, 0.2) is 0 Å².